The molecule has 0 radical (unpaired) electrons. The molecule has 0 saturated heterocycles. The van der Waals surface area contributed by atoms with Gasteiger partial charge in [0.1, 0.15) is 5.52 Å². The van der Waals surface area contributed by atoms with Gasteiger partial charge in [-0.2, -0.15) is 0 Å². The van der Waals surface area contributed by atoms with Crippen molar-refractivity contribution in [2.24, 2.45) is 0 Å². The van der Waals surface area contributed by atoms with Crippen LogP contribution in [0.15, 0.2) is 57.7 Å². The summed E-state index contributed by atoms with van der Waals surface area (Å²) in [5, 5.41) is 10.9. The third-order valence-corrected chi connectivity index (χ3v) is 2.80. The zero-order chi connectivity index (χ0) is 13.4. The van der Waals surface area contributed by atoms with E-state index in [9.17, 15) is 14.9 Å². The molecule has 0 aliphatic carbocycles. The zero-order valence-corrected chi connectivity index (χ0v) is 9.65. The van der Waals surface area contributed by atoms with Crippen molar-refractivity contribution in [2.75, 3.05) is 0 Å². The Morgan fingerprint density at radius 1 is 1.05 bits per heavy atom. The van der Waals surface area contributed by atoms with Crippen molar-refractivity contribution >= 4 is 16.8 Å². The number of non-ortho nitro benzene ring substituents is 1. The molecule has 0 spiro atoms. The number of aromatic nitrogens is 1. The highest BCUT2D eigenvalue weighted by Gasteiger charge is 2.20. The number of para-hydroxylation sites is 2. The Balaban J connectivity index is 2.39. The number of fused-ring (bicyclic) bond motifs is 1. The van der Waals surface area contributed by atoms with Gasteiger partial charge < -0.3 is 4.42 Å². The van der Waals surface area contributed by atoms with Crippen molar-refractivity contribution in [1.82, 2.24) is 4.57 Å². The van der Waals surface area contributed by atoms with Gasteiger partial charge in [0.05, 0.1) is 10.6 Å². The second-order valence-corrected chi connectivity index (χ2v) is 3.92. The third-order valence-electron chi connectivity index (χ3n) is 2.80. The molecule has 0 fully saturated rings. The molecule has 0 bridgehead atoms. The van der Waals surface area contributed by atoms with E-state index in [1.807, 2.05) is 6.07 Å². The van der Waals surface area contributed by atoms with Gasteiger partial charge in [-0.15, -0.1) is 0 Å². The van der Waals surface area contributed by atoms with Crippen molar-refractivity contribution in [3.8, 4) is 5.69 Å². The van der Waals surface area contributed by atoms with Crippen LogP contribution in [0.1, 0.15) is 0 Å². The fourth-order valence-electron chi connectivity index (χ4n) is 1.99. The summed E-state index contributed by atoms with van der Waals surface area (Å²) < 4.78 is 6.32. The molecule has 1 aromatic heterocycles. The molecule has 6 heteroatoms. The van der Waals surface area contributed by atoms with Gasteiger partial charge in [-0.3, -0.25) is 10.1 Å². The molecular formula is C13H8N2O4. The maximum atomic E-state index is 11.9. The summed E-state index contributed by atoms with van der Waals surface area (Å²) in [7, 11) is 0. The lowest BCUT2D eigenvalue weighted by molar-refractivity contribution is -0.383. The van der Waals surface area contributed by atoms with Gasteiger partial charge in [0, 0.05) is 6.07 Å². The van der Waals surface area contributed by atoms with Crippen LogP contribution in [0.3, 0.4) is 0 Å². The highest BCUT2D eigenvalue weighted by atomic mass is 16.6. The van der Waals surface area contributed by atoms with E-state index in [2.05, 4.69) is 0 Å². The average Bonchev–Trinajstić information content (AvgIpc) is 2.75. The molecule has 2 aromatic carbocycles. The van der Waals surface area contributed by atoms with Crippen LogP contribution in [0.2, 0.25) is 0 Å². The van der Waals surface area contributed by atoms with E-state index < -0.39 is 10.7 Å². The summed E-state index contributed by atoms with van der Waals surface area (Å²) in [6.07, 6.45) is 0. The van der Waals surface area contributed by atoms with Crippen LogP contribution >= 0.6 is 0 Å². The molecule has 94 valence electrons. The molecule has 6 nitrogen and oxygen atoms in total. The fourth-order valence-corrected chi connectivity index (χ4v) is 1.99. The first kappa shape index (κ1) is 11.2. The molecule has 3 rings (SSSR count). The summed E-state index contributed by atoms with van der Waals surface area (Å²) in [5.74, 6) is -0.643. The Labute approximate surface area is 106 Å². The van der Waals surface area contributed by atoms with Crippen LogP contribution in [0, 0.1) is 10.1 Å². The SMILES string of the molecule is O=c1oc2c([N+](=O)[O-])cccc2n1-c1ccccc1. The summed E-state index contributed by atoms with van der Waals surface area (Å²) in [6, 6.07) is 13.3. The Bertz CT molecular complexity index is 818. The second kappa shape index (κ2) is 4.09. The molecular weight excluding hydrogens is 248 g/mol. The standard InChI is InChI=1S/C13H8N2O4/c16-13-14(9-5-2-1-3-6-9)10-7-4-8-11(15(17)18)12(10)19-13/h1-8H. The predicted molar refractivity (Wildman–Crippen MR) is 68.5 cm³/mol. The second-order valence-electron chi connectivity index (χ2n) is 3.92. The van der Waals surface area contributed by atoms with E-state index in [0.29, 0.717) is 11.2 Å². The van der Waals surface area contributed by atoms with Crippen LogP contribution in [0.25, 0.3) is 16.8 Å². The number of nitro benzene ring substituents is 1. The fraction of sp³-hybridized carbons (Fsp3) is 0. The van der Waals surface area contributed by atoms with E-state index in [-0.39, 0.29) is 11.3 Å². The molecule has 0 unspecified atom stereocenters. The quantitative estimate of drug-likeness (QED) is 0.521. The first-order valence-corrected chi connectivity index (χ1v) is 5.53. The Kier molecular flexibility index (Phi) is 2.42. The summed E-state index contributed by atoms with van der Waals surface area (Å²) in [6.45, 7) is 0. The van der Waals surface area contributed by atoms with Gasteiger partial charge in [-0.1, -0.05) is 24.3 Å². The van der Waals surface area contributed by atoms with E-state index in [0.717, 1.165) is 0 Å². The lowest BCUT2D eigenvalue weighted by Gasteiger charge is -2.00. The summed E-state index contributed by atoms with van der Waals surface area (Å²) in [4.78, 5) is 22.2. The minimum atomic E-state index is -0.643. The van der Waals surface area contributed by atoms with Crippen molar-refractivity contribution in [3.63, 3.8) is 0 Å². The largest absolute Gasteiger partial charge is 0.424 e. The molecule has 0 atom stereocenters. The highest BCUT2D eigenvalue weighted by Crippen LogP contribution is 2.25. The summed E-state index contributed by atoms with van der Waals surface area (Å²) >= 11 is 0. The average molecular weight is 256 g/mol. The number of oxazole rings is 1. The summed E-state index contributed by atoms with van der Waals surface area (Å²) in [5.41, 5.74) is 0.753. The minimum Gasteiger partial charge on any atom is -0.400 e. The molecule has 1 heterocycles. The predicted octanol–water partition coefficient (Wildman–Crippen LogP) is 2.49. The number of hydrogen-bond acceptors (Lipinski definition) is 4. The first-order chi connectivity index (χ1) is 9.18. The van der Waals surface area contributed by atoms with Gasteiger partial charge >= 0.3 is 11.4 Å². The monoisotopic (exact) mass is 256 g/mol. The number of hydrogen-bond donors (Lipinski definition) is 0. The molecule has 0 amide bonds. The van der Waals surface area contributed by atoms with Crippen molar-refractivity contribution in [1.29, 1.82) is 0 Å². The zero-order valence-electron chi connectivity index (χ0n) is 9.65. The maximum absolute atomic E-state index is 11.9. The molecule has 0 aliphatic rings. The first-order valence-electron chi connectivity index (χ1n) is 5.53. The van der Waals surface area contributed by atoms with Gasteiger partial charge in [0.15, 0.2) is 0 Å². The Hall–Kier alpha value is -2.89. The lowest BCUT2D eigenvalue weighted by Crippen LogP contribution is -2.11. The van der Waals surface area contributed by atoms with Gasteiger partial charge in [-0.05, 0) is 18.2 Å². The van der Waals surface area contributed by atoms with Gasteiger partial charge in [0.25, 0.3) is 0 Å². The maximum Gasteiger partial charge on any atom is 0.424 e. The number of nitro groups is 1. The van der Waals surface area contributed by atoms with E-state index in [4.69, 9.17) is 4.42 Å². The van der Waals surface area contributed by atoms with Crippen molar-refractivity contribution in [3.05, 3.63) is 69.2 Å². The van der Waals surface area contributed by atoms with Crippen LogP contribution in [0.4, 0.5) is 5.69 Å². The number of nitrogens with zero attached hydrogens (tertiary/aromatic N) is 2. The minimum absolute atomic E-state index is 0.0126. The van der Waals surface area contributed by atoms with E-state index in [1.54, 1.807) is 30.3 Å². The normalized spacial score (nSPS) is 10.7. The topological polar surface area (TPSA) is 78.3 Å². The van der Waals surface area contributed by atoms with Crippen molar-refractivity contribution in [2.45, 2.75) is 0 Å². The highest BCUT2D eigenvalue weighted by molar-refractivity contribution is 5.83. The number of rotatable bonds is 2. The van der Waals surface area contributed by atoms with Crippen LogP contribution in [-0.2, 0) is 0 Å². The van der Waals surface area contributed by atoms with Crippen LogP contribution < -0.4 is 5.76 Å². The molecule has 3 aromatic rings. The molecule has 0 N–H and O–H groups in total. The smallest absolute Gasteiger partial charge is 0.400 e. The molecule has 0 saturated carbocycles. The Morgan fingerprint density at radius 3 is 2.47 bits per heavy atom. The van der Waals surface area contributed by atoms with Gasteiger partial charge in [-0.25, -0.2) is 9.36 Å². The van der Waals surface area contributed by atoms with E-state index in [1.165, 1.54) is 16.7 Å². The third kappa shape index (κ3) is 1.70. The number of benzene rings is 2. The van der Waals surface area contributed by atoms with Gasteiger partial charge in [0.2, 0.25) is 5.58 Å². The van der Waals surface area contributed by atoms with E-state index >= 15 is 0 Å². The Morgan fingerprint density at radius 2 is 1.79 bits per heavy atom. The van der Waals surface area contributed by atoms with Crippen molar-refractivity contribution < 1.29 is 9.34 Å². The van der Waals surface area contributed by atoms with Crippen LogP contribution in [0.5, 0.6) is 0 Å². The molecule has 0 aliphatic heterocycles. The molecule has 19 heavy (non-hydrogen) atoms. The lowest BCUT2D eigenvalue weighted by atomic mass is 10.2. The van der Waals surface area contributed by atoms with Crippen LogP contribution in [-0.4, -0.2) is 9.49 Å².